The molecule has 31 heavy (non-hydrogen) atoms. The number of carbonyl (C=O) groups excluding carboxylic acids is 3. The van der Waals surface area contributed by atoms with Crippen molar-refractivity contribution in [1.82, 2.24) is 20.5 Å². The predicted molar refractivity (Wildman–Crippen MR) is 117 cm³/mol. The van der Waals surface area contributed by atoms with Gasteiger partial charge in [0.15, 0.2) is 0 Å². The molecule has 0 radical (unpaired) electrons. The van der Waals surface area contributed by atoms with Gasteiger partial charge in [-0.15, -0.1) is 0 Å². The largest absolute Gasteiger partial charge is 0.322 e. The molecule has 1 saturated heterocycles. The van der Waals surface area contributed by atoms with Gasteiger partial charge in [-0.05, 0) is 60.7 Å². The van der Waals surface area contributed by atoms with Crippen molar-refractivity contribution < 1.29 is 14.4 Å². The van der Waals surface area contributed by atoms with Gasteiger partial charge in [-0.1, -0.05) is 19.9 Å². The summed E-state index contributed by atoms with van der Waals surface area (Å²) in [6.45, 7) is 6.56. The van der Waals surface area contributed by atoms with Crippen LogP contribution in [0.1, 0.15) is 54.6 Å². The van der Waals surface area contributed by atoms with Crippen molar-refractivity contribution >= 4 is 17.7 Å². The first kappa shape index (κ1) is 21.2. The van der Waals surface area contributed by atoms with Crippen LogP contribution in [-0.4, -0.2) is 40.2 Å². The Hall–Kier alpha value is -3.06. The van der Waals surface area contributed by atoms with E-state index in [-0.39, 0.29) is 18.2 Å². The van der Waals surface area contributed by atoms with Crippen LogP contribution in [0.4, 0.5) is 0 Å². The minimum absolute atomic E-state index is 0.160. The van der Waals surface area contributed by atoms with Crippen molar-refractivity contribution in [1.29, 1.82) is 0 Å². The van der Waals surface area contributed by atoms with Gasteiger partial charge in [0.05, 0.1) is 5.69 Å². The standard InChI is InChI=1S/C24H28N4O3/c1-15(2)7-9-25-13-16-8-10-26-20(11-16)17-3-4-19-18(12-17)14-28(24(19)31)21-5-6-22(29)27-23(21)30/h3-4,8,10-12,15,21,25H,5-7,9,13-14H2,1-2H3,(H,27,29,30). The van der Waals surface area contributed by atoms with E-state index in [1.807, 2.05) is 30.5 Å². The SMILES string of the molecule is CC(C)CCNCc1ccnc(-c2ccc3c(c2)CN(C2CCC(=O)NC2=O)C3=O)c1. The first-order chi connectivity index (χ1) is 14.9. The number of aromatic nitrogens is 1. The molecule has 3 amide bonds. The fourth-order valence-corrected chi connectivity index (χ4v) is 4.10. The number of fused-ring (bicyclic) bond motifs is 1. The summed E-state index contributed by atoms with van der Waals surface area (Å²) < 4.78 is 0. The highest BCUT2D eigenvalue weighted by atomic mass is 16.2. The smallest absolute Gasteiger partial charge is 0.255 e. The molecule has 1 aromatic heterocycles. The van der Waals surface area contributed by atoms with Gasteiger partial charge in [-0.25, -0.2) is 0 Å². The van der Waals surface area contributed by atoms with Crippen LogP contribution in [-0.2, 0) is 22.7 Å². The van der Waals surface area contributed by atoms with E-state index < -0.39 is 11.9 Å². The molecule has 0 aliphatic carbocycles. The highest BCUT2D eigenvalue weighted by Crippen LogP contribution is 2.30. The third-order valence-corrected chi connectivity index (χ3v) is 5.87. The first-order valence-electron chi connectivity index (χ1n) is 10.9. The van der Waals surface area contributed by atoms with Crippen molar-refractivity contribution in [2.75, 3.05) is 6.54 Å². The molecule has 2 N–H and O–H groups in total. The summed E-state index contributed by atoms with van der Waals surface area (Å²) >= 11 is 0. The summed E-state index contributed by atoms with van der Waals surface area (Å²) in [5.74, 6) is -0.157. The van der Waals surface area contributed by atoms with Crippen molar-refractivity contribution in [2.45, 2.75) is 52.2 Å². The lowest BCUT2D eigenvalue weighted by Crippen LogP contribution is -2.52. The van der Waals surface area contributed by atoms with Gasteiger partial charge in [-0.2, -0.15) is 0 Å². The molecule has 162 valence electrons. The quantitative estimate of drug-likeness (QED) is 0.531. The lowest BCUT2D eigenvalue weighted by Gasteiger charge is -2.29. The maximum atomic E-state index is 12.9. The van der Waals surface area contributed by atoms with Crippen LogP contribution in [0.25, 0.3) is 11.3 Å². The maximum absolute atomic E-state index is 12.9. The normalized spacial score (nSPS) is 18.5. The lowest BCUT2D eigenvalue weighted by atomic mass is 10.0. The highest BCUT2D eigenvalue weighted by molar-refractivity contribution is 6.05. The molecule has 3 heterocycles. The van der Waals surface area contributed by atoms with E-state index in [0.717, 1.165) is 41.9 Å². The Balaban J connectivity index is 1.48. The number of amides is 3. The van der Waals surface area contributed by atoms with Crippen molar-refractivity contribution in [3.63, 3.8) is 0 Å². The van der Waals surface area contributed by atoms with E-state index in [1.54, 1.807) is 4.90 Å². The van der Waals surface area contributed by atoms with Crippen molar-refractivity contribution in [3.05, 3.63) is 53.2 Å². The topological polar surface area (TPSA) is 91.4 Å². The second kappa shape index (κ2) is 8.98. The maximum Gasteiger partial charge on any atom is 0.255 e. The molecular formula is C24H28N4O3. The van der Waals surface area contributed by atoms with Crippen LogP contribution in [0.15, 0.2) is 36.5 Å². The molecule has 0 spiro atoms. The van der Waals surface area contributed by atoms with Gasteiger partial charge >= 0.3 is 0 Å². The zero-order chi connectivity index (χ0) is 22.0. The Morgan fingerprint density at radius 1 is 1.19 bits per heavy atom. The summed E-state index contributed by atoms with van der Waals surface area (Å²) in [5.41, 5.74) is 4.46. The van der Waals surface area contributed by atoms with Crippen LogP contribution in [0.5, 0.6) is 0 Å². The molecule has 7 heteroatoms. The minimum atomic E-state index is -0.598. The number of hydrogen-bond donors (Lipinski definition) is 2. The first-order valence-corrected chi connectivity index (χ1v) is 10.9. The summed E-state index contributed by atoms with van der Waals surface area (Å²) in [6.07, 6.45) is 3.57. The zero-order valence-electron chi connectivity index (χ0n) is 18.0. The summed E-state index contributed by atoms with van der Waals surface area (Å²) in [6, 6.07) is 9.18. The Kier molecular flexibility index (Phi) is 6.13. The molecule has 0 saturated carbocycles. The lowest BCUT2D eigenvalue weighted by molar-refractivity contribution is -0.136. The third-order valence-electron chi connectivity index (χ3n) is 5.87. The van der Waals surface area contributed by atoms with E-state index >= 15 is 0 Å². The van der Waals surface area contributed by atoms with Crippen LogP contribution >= 0.6 is 0 Å². The van der Waals surface area contributed by atoms with Gasteiger partial charge in [0.1, 0.15) is 6.04 Å². The van der Waals surface area contributed by atoms with Gasteiger partial charge in [0.25, 0.3) is 5.91 Å². The molecule has 2 aliphatic heterocycles. The predicted octanol–water partition coefficient (Wildman–Crippen LogP) is 2.65. The van der Waals surface area contributed by atoms with Crippen LogP contribution in [0.2, 0.25) is 0 Å². The zero-order valence-corrected chi connectivity index (χ0v) is 18.0. The number of nitrogens with one attached hydrogen (secondary N) is 2. The second-order valence-electron chi connectivity index (χ2n) is 8.68. The fraction of sp³-hybridized carbons (Fsp3) is 0.417. The van der Waals surface area contributed by atoms with E-state index in [0.29, 0.717) is 24.4 Å². The number of imide groups is 1. The molecule has 0 bridgehead atoms. The van der Waals surface area contributed by atoms with Gasteiger partial charge in [0, 0.05) is 36.8 Å². The molecule has 1 aromatic carbocycles. The molecule has 4 rings (SSSR count). The summed E-state index contributed by atoms with van der Waals surface area (Å²) in [5, 5.41) is 5.80. The Morgan fingerprint density at radius 2 is 2.03 bits per heavy atom. The molecule has 7 nitrogen and oxygen atoms in total. The Bertz CT molecular complexity index is 1020. The molecular weight excluding hydrogens is 392 g/mol. The van der Waals surface area contributed by atoms with Gasteiger partial charge in [0.2, 0.25) is 11.8 Å². The minimum Gasteiger partial charge on any atom is -0.322 e. The van der Waals surface area contributed by atoms with Gasteiger partial charge in [-0.3, -0.25) is 24.7 Å². The second-order valence-corrected chi connectivity index (χ2v) is 8.68. The van der Waals surface area contributed by atoms with E-state index in [2.05, 4.69) is 35.5 Å². The molecule has 2 aromatic rings. The van der Waals surface area contributed by atoms with E-state index in [9.17, 15) is 14.4 Å². The molecule has 2 aliphatic rings. The van der Waals surface area contributed by atoms with E-state index in [4.69, 9.17) is 0 Å². The number of carbonyl (C=O) groups is 3. The molecule has 1 atom stereocenters. The average molecular weight is 421 g/mol. The number of hydrogen-bond acceptors (Lipinski definition) is 5. The summed E-state index contributed by atoms with van der Waals surface area (Å²) in [4.78, 5) is 42.6. The van der Waals surface area contributed by atoms with Gasteiger partial charge < -0.3 is 10.2 Å². The number of rotatable bonds is 7. The van der Waals surface area contributed by atoms with Crippen LogP contribution in [0.3, 0.4) is 0 Å². The number of benzene rings is 1. The number of pyridine rings is 1. The fourth-order valence-electron chi connectivity index (χ4n) is 4.10. The van der Waals surface area contributed by atoms with Crippen LogP contribution < -0.4 is 10.6 Å². The van der Waals surface area contributed by atoms with Crippen molar-refractivity contribution in [2.24, 2.45) is 5.92 Å². The number of piperidine rings is 1. The number of nitrogens with zero attached hydrogens (tertiary/aromatic N) is 2. The highest BCUT2D eigenvalue weighted by Gasteiger charge is 2.39. The Morgan fingerprint density at radius 3 is 2.81 bits per heavy atom. The van der Waals surface area contributed by atoms with E-state index in [1.165, 1.54) is 0 Å². The average Bonchev–Trinajstić information content (AvgIpc) is 3.07. The monoisotopic (exact) mass is 420 g/mol. The van der Waals surface area contributed by atoms with Crippen LogP contribution in [0, 0.1) is 5.92 Å². The third kappa shape index (κ3) is 4.66. The molecule has 1 fully saturated rings. The molecule has 1 unspecified atom stereocenters. The summed E-state index contributed by atoms with van der Waals surface area (Å²) in [7, 11) is 0. The van der Waals surface area contributed by atoms with Crippen molar-refractivity contribution in [3.8, 4) is 11.3 Å². The Labute approximate surface area is 182 Å².